The third-order valence-electron chi connectivity index (χ3n) is 2.76. The van der Waals surface area contributed by atoms with Crippen molar-refractivity contribution in [2.75, 3.05) is 13.1 Å². The van der Waals surface area contributed by atoms with E-state index in [9.17, 15) is 4.79 Å². The van der Waals surface area contributed by atoms with Crippen LogP contribution in [0.25, 0.3) is 0 Å². The number of aliphatic carboxylic acids is 1. The van der Waals surface area contributed by atoms with Crippen LogP contribution in [0.1, 0.15) is 31.5 Å². The topological polar surface area (TPSA) is 79.5 Å². The minimum Gasteiger partial charge on any atom is -0.480 e. The van der Waals surface area contributed by atoms with Crippen LogP contribution in [-0.2, 0) is 17.8 Å². The van der Waals surface area contributed by atoms with Gasteiger partial charge in [0.25, 0.3) is 0 Å². The molecule has 17 heavy (non-hydrogen) atoms. The standard InChI is InChI=1S/C11H17N3O3/c1-2-9-12-10(17-13-9)6-14(7-11(15)16)5-8-3-4-8/h8H,2-7H2,1H3,(H,15,16). The van der Waals surface area contributed by atoms with Crippen LogP contribution in [-0.4, -0.2) is 39.2 Å². The van der Waals surface area contributed by atoms with E-state index in [-0.39, 0.29) is 6.54 Å². The Morgan fingerprint density at radius 1 is 1.59 bits per heavy atom. The fourth-order valence-corrected chi connectivity index (χ4v) is 1.73. The second-order valence-corrected chi connectivity index (χ2v) is 4.46. The highest BCUT2D eigenvalue weighted by atomic mass is 16.5. The molecule has 1 aromatic heterocycles. The molecule has 0 saturated heterocycles. The summed E-state index contributed by atoms with van der Waals surface area (Å²) in [4.78, 5) is 16.8. The van der Waals surface area contributed by atoms with Gasteiger partial charge < -0.3 is 9.63 Å². The monoisotopic (exact) mass is 239 g/mol. The van der Waals surface area contributed by atoms with E-state index in [1.165, 1.54) is 12.8 Å². The molecule has 94 valence electrons. The van der Waals surface area contributed by atoms with Crippen molar-refractivity contribution >= 4 is 5.97 Å². The Morgan fingerprint density at radius 3 is 2.88 bits per heavy atom. The van der Waals surface area contributed by atoms with E-state index < -0.39 is 5.97 Å². The van der Waals surface area contributed by atoms with E-state index in [1.54, 1.807) is 0 Å². The maximum absolute atomic E-state index is 10.8. The predicted molar refractivity (Wildman–Crippen MR) is 59.3 cm³/mol. The Morgan fingerprint density at radius 2 is 2.35 bits per heavy atom. The van der Waals surface area contributed by atoms with Gasteiger partial charge in [-0.1, -0.05) is 12.1 Å². The van der Waals surface area contributed by atoms with E-state index in [1.807, 2.05) is 11.8 Å². The second-order valence-electron chi connectivity index (χ2n) is 4.46. The fraction of sp³-hybridized carbons (Fsp3) is 0.727. The number of rotatable bonds is 7. The number of aryl methyl sites for hydroxylation is 1. The molecular weight excluding hydrogens is 222 g/mol. The van der Waals surface area contributed by atoms with Crippen molar-refractivity contribution in [3.63, 3.8) is 0 Å². The lowest BCUT2D eigenvalue weighted by Gasteiger charge is -2.17. The minimum absolute atomic E-state index is 0.0281. The Bertz CT molecular complexity index is 387. The predicted octanol–water partition coefficient (Wildman–Crippen LogP) is 0.929. The largest absolute Gasteiger partial charge is 0.480 e. The second kappa shape index (κ2) is 5.27. The Hall–Kier alpha value is -1.43. The average Bonchev–Trinajstić information content (AvgIpc) is 2.95. The lowest BCUT2D eigenvalue weighted by Crippen LogP contribution is -2.31. The summed E-state index contributed by atoms with van der Waals surface area (Å²) in [6.45, 7) is 3.21. The molecule has 0 unspecified atom stereocenters. The first-order valence-corrected chi connectivity index (χ1v) is 5.93. The van der Waals surface area contributed by atoms with Gasteiger partial charge in [-0.2, -0.15) is 4.98 Å². The molecule has 1 saturated carbocycles. The SMILES string of the molecule is CCc1noc(CN(CC(=O)O)CC2CC2)n1. The summed E-state index contributed by atoms with van der Waals surface area (Å²) >= 11 is 0. The zero-order valence-corrected chi connectivity index (χ0v) is 9.93. The molecule has 6 heteroatoms. The number of nitrogens with zero attached hydrogens (tertiary/aromatic N) is 3. The van der Waals surface area contributed by atoms with Crippen molar-refractivity contribution in [2.45, 2.75) is 32.7 Å². The molecule has 2 rings (SSSR count). The van der Waals surface area contributed by atoms with Crippen molar-refractivity contribution in [2.24, 2.45) is 5.92 Å². The summed E-state index contributed by atoms with van der Waals surface area (Å²) in [6.07, 6.45) is 3.12. The molecular formula is C11H17N3O3. The maximum Gasteiger partial charge on any atom is 0.317 e. The van der Waals surface area contributed by atoms with Crippen molar-refractivity contribution < 1.29 is 14.4 Å². The summed E-state index contributed by atoms with van der Waals surface area (Å²) in [5, 5.41) is 12.6. The molecule has 0 aliphatic heterocycles. The molecule has 0 bridgehead atoms. The zero-order valence-electron chi connectivity index (χ0n) is 9.93. The Balaban J connectivity index is 1.92. The summed E-state index contributed by atoms with van der Waals surface area (Å²) in [5.41, 5.74) is 0. The lowest BCUT2D eigenvalue weighted by atomic mass is 10.3. The molecule has 1 aliphatic carbocycles. The molecule has 1 N–H and O–H groups in total. The average molecular weight is 239 g/mol. The summed E-state index contributed by atoms with van der Waals surface area (Å²) in [5.74, 6) is 0.995. The first-order chi connectivity index (χ1) is 8.17. The molecule has 1 aromatic rings. The summed E-state index contributed by atoms with van der Waals surface area (Å²) in [7, 11) is 0. The third kappa shape index (κ3) is 3.81. The van der Waals surface area contributed by atoms with Crippen LogP contribution >= 0.6 is 0 Å². The van der Waals surface area contributed by atoms with Gasteiger partial charge in [0.05, 0.1) is 13.1 Å². The van der Waals surface area contributed by atoms with E-state index >= 15 is 0 Å². The van der Waals surface area contributed by atoms with Crippen LogP contribution in [0.2, 0.25) is 0 Å². The summed E-state index contributed by atoms with van der Waals surface area (Å²) in [6, 6.07) is 0. The van der Waals surface area contributed by atoms with Gasteiger partial charge in [0.2, 0.25) is 5.89 Å². The number of hydrogen-bond donors (Lipinski definition) is 1. The Labute approximate surface area is 99.6 Å². The molecule has 0 atom stereocenters. The zero-order chi connectivity index (χ0) is 12.3. The number of carboxylic acid groups (broad SMARTS) is 1. The van der Waals surface area contributed by atoms with Crippen LogP contribution in [0, 0.1) is 5.92 Å². The van der Waals surface area contributed by atoms with Gasteiger partial charge in [0, 0.05) is 13.0 Å². The normalized spacial score (nSPS) is 15.4. The highest BCUT2D eigenvalue weighted by Gasteiger charge is 2.26. The van der Waals surface area contributed by atoms with Crippen molar-refractivity contribution in [3.05, 3.63) is 11.7 Å². The Kier molecular flexibility index (Phi) is 3.73. The smallest absolute Gasteiger partial charge is 0.317 e. The lowest BCUT2D eigenvalue weighted by molar-refractivity contribution is -0.138. The third-order valence-corrected chi connectivity index (χ3v) is 2.76. The molecule has 1 heterocycles. The number of aromatic nitrogens is 2. The van der Waals surface area contributed by atoms with Gasteiger partial charge >= 0.3 is 5.97 Å². The van der Waals surface area contributed by atoms with Gasteiger partial charge in [0.15, 0.2) is 5.82 Å². The molecule has 0 spiro atoms. The van der Waals surface area contributed by atoms with E-state index in [4.69, 9.17) is 9.63 Å². The maximum atomic E-state index is 10.8. The quantitative estimate of drug-likeness (QED) is 0.762. The van der Waals surface area contributed by atoms with Crippen molar-refractivity contribution in [3.8, 4) is 0 Å². The van der Waals surface area contributed by atoms with Crippen LogP contribution in [0.5, 0.6) is 0 Å². The first-order valence-electron chi connectivity index (χ1n) is 5.93. The van der Waals surface area contributed by atoms with E-state index in [0.717, 1.165) is 13.0 Å². The molecule has 0 aromatic carbocycles. The van der Waals surface area contributed by atoms with Crippen molar-refractivity contribution in [1.82, 2.24) is 15.0 Å². The highest BCUT2D eigenvalue weighted by Crippen LogP contribution is 2.30. The number of carbonyl (C=O) groups is 1. The van der Waals surface area contributed by atoms with Gasteiger partial charge in [0.1, 0.15) is 0 Å². The van der Waals surface area contributed by atoms with Gasteiger partial charge in [-0.05, 0) is 18.8 Å². The van der Waals surface area contributed by atoms with Crippen LogP contribution in [0.4, 0.5) is 0 Å². The van der Waals surface area contributed by atoms with Gasteiger partial charge in [-0.3, -0.25) is 9.69 Å². The van der Waals surface area contributed by atoms with Gasteiger partial charge in [-0.25, -0.2) is 0 Å². The molecule has 0 amide bonds. The highest BCUT2D eigenvalue weighted by molar-refractivity contribution is 5.69. The molecule has 0 radical (unpaired) electrons. The van der Waals surface area contributed by atoms with E-state index in [2.05, 4.69) is 10.1 Å². The molecule has 1 fully saturated rings. The van der Waals surface area contributed by atoms with Gasteiger partial charge in [-0.15, -0.1) is 0 Å². The van der Waals surface area contributed by atoms with Crippen molar-refractivity contribution in [1.29, 1.82) is 0 Å². The molecule has 1 aliphatic rings. The fourth-order valence-electron chi connectivity index (χ4n) is 1.73. The minimum atomic E-state index is -0.819. The van der Waals surface area contributed by atoms with Crippen LogP contribution in [0.3, 0.4) is 0 Å². The number of hydrogen-bond acceptors (Lipinski definition) is 5. The van der Waals surface area contributed by atoms with E-state index in [0.29, 0.717) is 24.2 Å². The molecule has 6 nitrogen and oxygen atoms in total. The first kappa shape index (κ1) is 12.0. The van der Waals surface area contributed by atoms with Crippen LogP contribution < -0.4 is 0 Å². The summed E-state index contributed by atoms with van der Waals surface area (Å²) < 4.78 is 5.07. The van der Waals surface area contributed by atoms with Crippen LogP contribution in [0.15, 0.2) is 4.52 Å². The number of carboxylic acids is 1.